The van der Waals surface area contributed by atoms with E-state index in [9.17, 15) is 9.59 Å². The number of halogens is 1. The molecule has 2 N–H and O–H groups in total. The maximum absolute atomic E-state index is 12.1. The Balaban J connectivity index is 2.84. The van der Waals surface area contributed by atoms with Crippen molar-refractivity contribution in [1.29, 1.82) is 0 Å². The van der Waals surface area contributed by atoms with Gasteiger partial charge >= 0.3 is 5.97 Å². The van der Waals surface area contributed by atoms with Gasteiger partial charge in [0.1, 0.15) is 11.7 Å². The van der Waals surface area contributed by atoms with Gasteiger partial charge in [0.05, 0.1) is 0 Å². The Kier molecular flexibility index (Phi) is 5.60. The van der Waals surface area contributed by atoms with Gasteiger partial charge < -0.3 is 15.0 Å². The molecule has 106 valence electrons. The van der Waals surface area contributed by atoms with Gasteiger partial charge in [0, 0.05) is 17.2 Å². The molecule has 1 amide bonds. The second-order valence-electron chi connectivity index (χ2n) is 4.82. The van der Waals surface area contributed by atoms with Crippen molar-refractivity contribution in [1.82, 2.24) is 9.88 Å². The lowest BCUT2D eigenvalue weighted by Gasteiger charge is -2.17. The number of carbonyl (C=O) groups is 2. The van der Waals surface area contributed by atoms with E-state index in [0.717, 1.165) is 4.47 Å². The van der Waals surface area contributed by atoms with E-state index in [4.69, 9.17) is 5.11 Å². The first kappa shape index (κ1) is 15.8. The zero-order valence-electron chi connectivity index (χ0n) is 11.3. The monoisotopic (exact) mass is 330 g/mol. The average Bonchev–Trinajstić information content (AvgIpc) is 2.68. The molecule has 0 saturated carbocycles. The van der Waals surface area contributed by atoms with E-state index in [1.165, 1.54) is 0 Å². The molecule has 0 aliphatic carbocycles. The van der Waals surface area contributed by atoms with E-state index in [0.29, 0.717) is 18.7 Å². The summed E-state index contributed by atoms with van der Waals surface area (Å²) in [5, 5.41) is 11.7. The zero-order valence-corrected chi connectivity index (χ0v) is 12.9. The molecule has 0 aliphatic heterocycles. The van der Waals surface area contributed by atoms with Gasteiger partial charge in [-0.1, -0.05) is 13.8 Å². The number of rotatable bonds is 6. The minimum Gasteiger partial charge on any atom is -0.480 e. The molecule has 1 rings (SSSR count). The summed E-state index contributed by atoms with van der Waals surface area (Å²) in [4.78, 5) is 23.2. The van der Waals surface area contributed by atoms with Gasteiger partial charge in [-0.05, 0) is 41.3 Å². The number of aliphatic carboxylic acids is 1. The normalized spacial score (nSPS) is 12.5. The number of hydrogen-bond donors (Lipinski definition) is 2. The molecule has 19 heavy (non-hydrogen) atoms. The highest BCUT2D eigenvalue weighted by Gasteiger charge is 2.23. The molecule has 5 nitrogen and oxygen atoms in total. The highest BCUT2D eigenvalue weighted by atomic mass is 79.9. The van der Waals surface area contributed by atoms with Crippen LogP contribution in [0.2, 0.25) is 0 Å². The van der Waals surface area contributed by atoms with Crippen LogP contribution in [0.1, 0.15) is 37.7 Å². The van der Waals surface area contributed by atoms with Crippen LogP contribution in [0.3, 0.4) is 0 Å². The van der Waals surface area contributed by atoms with E-state index in [1.807, 2.05) is 20.8 Å². The standard InChI is InChI=1S/C13H19BrN2O3/c1-4-16-7-9(14)6-11(16)12(17)15-10(13(18)19)5-8(2)3/h6-8,10H,4-5H2,1-3H3,(H,15,17)(H,18,19). The third-order valence-corrected chi connectivity index (χ3v) is 3.18. The highest BCUT2D eigenvalue weighted by molar-refractivity contribution is 9.10. The molecule has 0 bridgehead atoms. The van der Waals surface area contributed by atoms with Gasteiger partial charge in [-0.3, -0.25) is 4.79 Å². The van der Waals surface area contributed by atoms with Gasteiger partial charge in [-0.2, -0.15) is 0 Å². The third kappa shape index (κ3) is 4.38. The first-order chi connectivity index (χ1) is 8.85. The molecule has 0 aliphatic rings. The molecule has 1 unspecified atom stereocenters. The smallest absolute Gasteiger partial charge is 0.326 e. The summed E-state index contributed by atoms with van der Waals surface area (Å²) in [6.07, 6.45) is 2.21. The molecule has 0 radical (unpaired) electrons. The Morgan fingerprint density at radius 2 is 2.11 bits per heavy atom. The summed E-state index contributed by atoms with van der Waals surface area (Å²) in [6.45, 7) is 6.42. The SMILES string of the molecule is CCn1cc(Br)cc1C(=O)NC(CC(C)C)C(=O)O. The maximum Gasteiger partial charge on any atom is 0.326 e. The van der Waals surface area contributed by atoms with Crippen LogP contribution in [0.5, 0.6) is 0 Å². The summed E-state index contributed by atoms with van der Waals surface area (Å²) < 4.78 is 2.57. The Labute approximate surface area is 121 Å². The summed E-state index contributed by atoms with van der Waals surface area (Å²) in [7, 11) is 0. The summed E-state index contributed by atoms with van der Waals surface area (Å²) in [5.74, 6) is -1.16. The van der Waals surface area contributed by atoms with Crippen LogP contribution < -0.4 is 5.32 Å². The lowest BCUT2D eigenvalue weighted by molar-refractivity contribution is -0.139. The van der Waals surface area contributed by atoms with Crippen LogP contribution >= 0.6 is 15.9 Å². The lowest BCUT2D eigenvalue weighted by atomic mass is 10.0. The number of amides is 1. The lowest BCUT2D eigenvalue weighted by Crippen LogP contribution is -2.42. The molecule has 1 aromatic rings. The summed E-state index contributed by atoms with van der Waals surface area (Å²) in [6, 6.07) is 0.833. The molecule has 6 heteroatoms. The van der Waals surface area contributed by atoms with E-state index < -0.39 is 12.0 Å². The molecule has 0 saturated heterocycles. The number of carboxylic acids is 1. The van der Waals surface area contributed by atoms with Crippen molar-refractivity contribution in [2.45, 2.75) is 39.8 Å². The second-order valence-corrected chi connectivity index (χ2v) is 5.74. The first-order valence-electron chi connectivity index (χ1n) is 6.24. The van der Waals surface area contributed by atoms with Crippen molar-refractivity contribution in [3.63, 3.8) is 0 Å². The fraction of sp³-hybridized carbons (Fsp3) is 0.538. The van der Waals surface area contributed by atoms with Crippen LogP contribution in [0.15, 0.2) is 16.7 Å². The van der Waals surface area contributed by atoms with Crippen LogP contribution in [0, 0.1) is 5.92 Å². The Hall–Kier alpha value is -1.30. The molecule has 0 aromatic carbocycles. The Bertz CT molecular complexity index is 468. The molecule has 1 atom stereocenters. The van der Waals surface area contributed by atoms with Gasteiger partial charge in [-0.15, -0.1) is 0 Å². The number of nitrogens with zero attached hydrogens (tertiary/aromatic N) is 1. The quantitative estimate of drug-likeness (QED) is 0.841. The van der Waals surface area contributed by atoms with Gasteiger partial charge in [0.2, 0.25) is 0 Å². The fourth-order valence-electron chi connectivity index (χ4n) is 1.85. The minimum atomic E-state index is -1.00. The van der Waals surface area contributed by atoms with Crippen LogP contribution in [0.25, 0.3) is 0 Å². The van der Waals surface area contributed by atoms with Crippen molar-refractivity contribution in [2.75, 3.05) is 0 Å². The summed E-state index contributed by atoms with van der Waals surface area (Å²) >= 11 is 3.31. The number of carboxylic acid groups (broad SMARTS) is 1. The van der Waals surface area contributed by atoms with E-state index in [1.54, 1.807) is 16.8 Å². The van der Waals surface area contributed by atoms with Crippen LogP contribution in [0.4, 0.5) is 0 Å². The number of aromatic nitrogens is 1. The van der Waals surface area contributed by atoms with Crippen molar-refractivity contribution in [3.05, 3.63) is 22.4 Å². The predicted molar refractivity (Wildman–Crippen MR) is 76.2 cm³/mol. The van der Waals surface area contributed by atoms with Gasteiger partial charge in [0.25, 0.3) is 5.91 Å². The molecule has 0 spiro atoms. The third-order valence-electron chi connectivity index (χ3n) is 2.75. The molecular weight excluding hydrogens is 312 g/mol. The minimum absolute atomic E-state index is 0.200. The molecule has 1 aromatic heterocycles. The largest absolute Gasteiger partial charge is 0.480 e. The zero-order chi connectivity index (χ0) is 14.6. The van der Waals surface area contributed by atoms with Crippen molar-refractivity contribution in [3.8, 4) is 0 Å². The number of nitrogens with one attached hydrogen (secondary N) is 1. The van der Waals surface area contributed by atoms with Crippen LogP contribution in [-0.2, 0) is 11.3 Å². The van der Waals surface area contributed by atoms with Gasteiger partial charge in [-0.25, -0.2) is 4.79 Å². The number of hydrogen-bond acceptors (Lipinski definition) is 2. The van der Waals surface area contributed by atoms with Crippen molar-refractivity contribution < 1.29 is 14.7 Å². The summed E-state index contributed by atoms with van der Waals surface area (Å²) in [5.41, 5.74) is 0.462. The van der Waals surface area contributed by atoms with E-state index >= 15 is 0 Å². The van der Waals surface area contributed by atoms with E-state index in [2.05, 4.69) is 21.2 Å². The number of carbonyl (C=O) groups excluding carboxylic acids is 1. The number of aryl methyl sites for hydroxylation is 1. The highest BCUT2D eigenvalue weighted by Crippen LogP contribution is 2.15. The first-order valence-corrected chi connectivity index (χ1v) is 7.03. The fourth-order valence-corrected chi connectivity index (χ4v) is 2.32. The topological polar surface area (TPSA) is 71.3 Å². The van der Waals surface area contributed by atoms with Crippen molar-refractivity contribution in [2.24, 2.45) is 5.92 Å². The second kappa shape index (κ2) is 6.75. The average molecular weight is 331 g/mol. The van der Waals surface area contributed by atoms with Crippen molar-refractivity contribution >= 4 is 27.8 Å². The van der Waals surface area contributed by atoms with Crippen LogP contribution in [-0.4, -0.2) is 27.6 Å². The predicted octanol–water partition coefficient (Wildman–Crippen LogP) is 2.50. The maximum atomic E-state index is 12.1. The Morgan fingerprint density at radius 3 is 2.58 bits per heavy atom. The molecular formula is C13H19BrN2O3. The van der Waals surface area contributed by atoms with E-state index in [-0.39, 0.29) is 11.8 Å². The molecule has 0 fully saturated rings. The Morgan fingerprint density at radius 1 is 1.47 bits per heavy atom. The van der Waals surface area contributed by atoms with Gasteiger partial charge in [0.15, 0.2) is 0 Å². The molecule has 1 heterocycles.